The lowest BCUT2D eigenvalue weighted by molar-refractivity contribution is 1.37. The van der Waals surface area contributed by atoms with Crippen molar-refractivity contribution in [3.05, 3.63) is 102 Å². The molecule has 0 radical (unpaired) electrons. The van der Waals surface area contributed by atoms with Crippen molar-refractivity contribution >= 4 is 96.3 Å². The molecule has 33 heavy (non-hydrogen) atoms. The average Bonchev–Trinajstić information content (AvgIpc) is 3.38. The minimum atomic E-state index is 1.15. The van der Waals surface area contributed by atoms with Gasteiger partial charge in [0, 0.05) is 30.7 Å². The lowest BCUT2D eigenvalue weighted by Gasteiger charge is -2.10. The second-order valence-corrected chi connectivity index (χ2v) is 10.6. The Morgan fingerprint density at radius 1 is 0.545 bits per heavy atom. The number of hydrogen-bond donors (Lipinski definition) is 0. The molecule has 3 heteroatoms. The lowest BCUT2D eigenvalue weighted by Crippen LogP contribution is -1.90. The number of hydrogen-bond acceptors (Lipinski definition) is 1. The van der Waals surface area contributed by atoms with Crippen LogP contribution in [0.1, 0.15) is 0 Å². The number of halogens is 1. The molecule has 3 heterocycles. The fourth-order valence-corrected chi connectivity index (χ4v) is 7.49. The summed E-state index contributed by atoms with van der Waals surface area (Å²) < 4.78 is 6.38. The van der Waals surface area contributed by atoms with Gasteiger partial charge in [-0.3, -0.25) is 0 Å². The first-order chi connectivity index (χ1) is 16.3. The van der Waals surface area contributed by atoms with Crippen molar-refractivity contribution in [3.8, 4) is 0 Å². The Morgan fingerprint density at radius 3 is 2.00 bits per heavy atom. The van der Waals surface area contributed by atoms with E-state index in [1.165, 1.54) is 69.0 Å². The van der Waals surface area contributed by atoms with E-state index in [9.17, 15) is 0 Å². The van der Waals surface area contributed by atoms with E-state index < -0.39 is 0 Å². The topological polar surface area (TPSA) is 4.41 Å². The van der Waals surface area contributed by atoms with Crippen LogP contribution >= 0.6 is 27.3 Å². The Kier molecular flexibility index (Phi) is 3.47. The number of fused-ring (bicyclic) bond motifs is 10. The summed E-state index contributed by atoms with van der Waals surface area (Å²) >= 11 is 5.78. The van der Waals surface area contributed by atoms with Crippen LogP contribution in [0.2, 0.25) is 0 Å². The summed E-state index contributed by atoms with van der Waals surface area (Å²) in [6, 6.07) is 35.5. The third kappa shape index (κ3) is 2.21. The maximum Gasteiger partial charge on any atom is 0.0734 e. The van der Waals surface area contributed by atoms with Crippen molar-refractivity contribution < 1.29 is 0 Å². The highest BCUT2D eigenvalue weighted by molar-refractivity contribution is 9.10. The highest BCUT2D eigenvalue weighted by Crippen LogP contribution is 2.47. The van der Waals surface area contributed by atoms with E-state index >= 15 is 0 Å². The van der Waals surface area contributed by atoms with Crippen molar-refractivity contribution in [1.29, 1.82) is 0 Å². The van der Waals surface area contributed by atoms with Gasteiger partial charge in [0.25, 0.3) is 0 Å². The summed E-state index contributed by atoms with van der Waals surface area (Å²) in [5.41, 5.74) is 3.86. The van der Waals surface area contributed by atoms with Gasteiger partial charge in [0.1, 0.15) is 0 Å². The zero-order chi connectivity index (χ0) is 21.7. The van der Waals surface area contributed by atoms with Gasteiger partial charge in [-0.1, -0.05) is 94.8 Å². The molecule has 0 fully saturated rings. The van der Waals surface area contributed by atoms with Crippen LogP contribution in [0.15, 0.2) is 102 Å². The van der Waals surface area contributed by atoms with Crippen LogP contribution in [0.25, 0.3) is 69.0 Å². The van der Waals surface area contributed by atoms with Crippen LogP contribution in [-0.4, -0.2) is 4.40 Å². The minimum Gasteiger partial charge on any atom is -0.306 e. The van der Waals surface area contributed by atoms with Crippen LogP contribution < -0.4 is 0 Å². The van der Waals surface area contributed by atoms with Gasteiger partial charge in [0.2, 0.25) is 0 Å². The quantitative estimate of drug-likeness (QED) is 0.194. The van der Waals surface area contributed by atoms with Gasteiger partial charge in [0.15, 0.2) is 0 Å². The van der Waals surface area contributed by atoms with E-state index in [4.69, 9.17) is 0 Å². The molecular formula is C30H16BrNS. The molecule has 0 spiro atoms. The van der Waals surface area contributed by atoms with Crippen molar-refractivity contribution in [3.63, 3.8) is 0 Å². The molecule has 0 bridgehead atoms. The van der Waals surface area contributed by atoms with E-state index in [0.29, 0.717) is 0 Å². The van der Waals surface area contributed by atoms with Gasteiger partial charge in [-0.15, -0.1) is 11.3 Å². The predicted molar refractivity (Wildman–Crippen MR) is 148 cm³/mol. The van der Waals surface area contributed by atoms with E-state index in [2.05, 4.69) is 117 Å². The Morgan fingerprint density at radius 2 is 1.18 bits per heavy atom. The van der Waals surface area contributed by atoms with Crippen LogP contribution in [0.4, 0.5) is 0 Å². The highest BCUT2D eigenvalue weighted by Gasteiger charge is 2.21. The first-order valence-electron chi connectivity index (χ1n) is 11.1. The molecule has 1 nitrogen and oxygen atoms in total. The highest BCUT2D eigenvalue weighted by atomic mass is 79.9. The molecule has 154 valence electrons. The van der Waals surface area contributed by atoms with Crippen molar-refractivity contribution in [2.45, 2.75) is 0 Å². The standard InChI is InChI=1S/C30H16BrNS/c31-24-16-23-28(22-12-4-3-10-19(22)24)32-25-14-6-5-11-20(25)17-8-1-2-9-18(17)21-13-7-15-26-27(21)29(32)30(23)33-26/h1-16H. The number of benzene rings is 5. The molecule has 0 unspecified atom stereocenters. The van der Waals surface area contributed by atoms with Crippen molar-refractivity contribution in [2.75, 3.05) is 0 Å². The van der Waals surface area contributed by atoms with Gasteiger partial charge < -0.3 is 4.40 Å². The first-order valence-corrected chi connectivity index (χ1v) is 12.7. The van der Waals surface area contributed by atoms with E-state index in [0.717, 1.165) is 4.47 Å². The molecule has 0 saturated heterocycles. The second-order valence-electron chi connectivity index (χ2n) is 8.66. The summed E-state index contributed by atoms with van der Waals surface area (Å²) in [7, 11) is 0. The smallest absolute Gasteiger partial charge is 0.0734 e. The minimum absolute atomic E-state index is 1.15. The second kappa shape index (κ2) is 6.34. The molecular weight excluding hydrogens is 486 g/mol. The molecule has 5 aromatic carbocycles. The molecule has 0 N–H and O–H groups in total. The van der Waals surface area contributed by atoms with Gasteiger partial charge in [-0.25, -0.2) is 0 Å². The number of para-hydroxylation sites is 1. The summed E-state index contributed by atoms with van der Waals surface area (Å²) in [5, 5.41) is 10.4. The normalized spacial score (nSPS) is 12.4. The SMILES string of the molecule is Brc1cc2c3sc4cccc5c6ccccc6c6ccccc6n(c2c2ccccc12)c3c45. The van der Waals surface area contributed by atoms with Crippen LogP contribution in [0.5, 0.6) is 0 Å². The summed E-state index contributed by atoms with van der Waals surface area (Å²) in [6.07, 6.45) is 0. The van der Waals surface area contributed by atoms with Gasteiger partial charge in [-0.05, 0) is 39.7 Å². The molecule has 0 atom stereocenters. The molecule has 0 amide bonds. The Hall–Kier alpha value is -3.40. The summed E-state index contributed by atoms with van der Waals surface area (Å²) in [5.74, 6) is 0. The van der Waals surface area contributed by atoms with E-state index in [1.54, 1.807) is 0 Å². The lowest BCUT2D eigenvalue weighted by atomic mass is 10.0. The molecule has 8 rings (SSSR count). The van der Waals surface area contributed by atoms with E-state index in [-0.39, 0.29) is 0 Å². The zero-order valence-corrected chi connectivity index (χ0v) is 19.9. The van der Waals surface area contributed by atoms with Gasteiger partial charge in [0.05, 0.1) is 21.3 Å². The first kappa shape index (κ1) is 18.1. The molecule has 0 aliphatic carbocycles. The van der Waals surface area contributed by atoms with Crippen LogP contribution in [0, 0.1) is 0 Å². The van der Waals surface area contributed by atoms with Crippen molar-refractivity contribution in [2.24, 2.45) is 0 Å². The Bertz CT molecular complexity index is 2090. The fourth-order valence-electron chi connectivity index (χ4n) is 5.68. The largest absolute Gasteiger partial charge is 0.306 e. The predicted octanol–water partition coefficient (Wildman–Crippen LogP) is 9.68. The van der Waals surface area contributed by atoms with Crippen LogP contribution in [0.3, 0.4) is 0 Å². The number of aromatic nitrogens is 1. The molecule has 8 aromatic rings. The van der Waals surface area contributed by atoms with Gasteiger partial charge >= 0.3 is 0 Å². The molecule has 0 aliphatic rings. The van der Waals surface area contributed by atoms with Crippen LogP contribution in [-0.2, 0) is 0 Å². The Balaban J connectivity index is 1.89. The van der Waals surface area contributed by atoms with Gasteiger partial charge in [-0.2, -0.15) is 0 Å². The molecule has 0 saturated carbocycles. The molecule has 3 aromatic heterocycles. The summed E-state index contributed by atoms with van der Waals surface area (Å²) in [6.45, 7) is 0. The molecule has 0 aliphatic heterocycles. The van der Waals surface area contributed by atoms with E-state index in [1.807, 2.05) is 11.3 Å². The Labute approximate surface area is 201 Å². The zero-order valence-electron chi connectivity index (χ0n) is 17.5. The van der Waals surface area contributed by atoms with Crippen molar-refractivity contribution in [1.82, 2.24) is 4.40 Å². The summed E-state index contributed by atoms with van der Waals surface area (Å²) in [4.78, 5) is 0. The number of thiophene rings is 1. The fraction of sp³-hybridized carbons (Fsp3) is 0. The number of rotatable bonds is 0. The average molecular weight is 502 g/mol. The third-order valence-corrected chi connectivity index (χ3v) is 8.83. The maximum absolute atomic E-state index is 3.87. The maximum atomic E-state index is 3.87. The third-order valence-electron chi connectivity index (χ3n) is 7.00. The monoisotopic (exact) mass is 501 g/mol. The number of nitrogens with zero attached hydrogens (tertiary/aromatic N) is 1.